The zero-order valence-electron chi connectivity index (χ0n) is 14.6. The van der Waals surface area contributed by atoms with Crippen molar-refractivity contribution in [2.24, 2.45) is 0 Å². The van der Waals surface area contributed by atoms with E-state index in [9.17, 15) is 4.79 Å². The Morgan fingerprint density at radius 1 is 0.920 bits per heavy atom. The fourth-order valence-corrected chi connectivity index (χ4v) is 2.32. The van der Waals surface area contributed by atoms with Crippen molar-refractivity contribution >= 4 is 18.4 Å². The summed E-state index contributed by atoms with van der Waals surface area (Å²) in [6, 6.07) is 17.7. The molecule has 0 aliphatic carbocycles. The van der Waals surface area contributed by atoms with Crippen molar-refractivity contribution in [1.29, 1.82) is 0 Å². The van der Waals surface area contributed by atoms with Crippen molar-refractivity contribution < 1.29 is 19.0 Å². The quantitative estimate of drug-likeness (QED) is 0.625. The molecule has 2 aromatic rings. The van der Waals surface area contributed by atoms with Crippen LogP contribution in [0.1, 0.15) is 25.0 Å². The molecule has 0 bridgehead atoms. The molecule has 2 rings (SSSR count). The minimum Gasteiger partial charge on any atom is -0.489 e. The predicted molar refractivity (Wildman–Crippen MR) is 100 cm³/mol. The molecule has 136 valence electrons. The van der Waals surface area contributed by atoms with Crippen LogP contribution in [0.25, 0.3) is 0 Å². The number of carbonyl (C=O) groups is 1. The van der Waals surface area contributed by atoms with E-state index in [2.05, 4.69) is 0 Å². The molecule has 0 radical (unpaired) electrons. The lowest BCUT2D eigenvalue weighted by atomic mass is 10.1. The molecule has 0 saturated carbocycles. The average molecular weight is 365 g/mol. The highest BCUT2D eigenvalue weighted by Crippen LogP contribution is 2.16. The summed E-state index contributed by atoms with van der Waals surface area (Å²) in [4.78, 5) is 11.9. The third-order valence-corrected chi connectivity index (χ3v) is 3.51. The number of ether oxygens (including phenoxy) is 3. The molecule has 0 fully saturated rings. The van der Waals surface area contributed by atoms with Gasteiger partial charge in [-0.15, -0.1) is 12.4 Å². The van der Waals surface area contributed by atoms with E-state index in [0.29, 0.717) is 26.2 Å². The maximum absolute atomic E-state index is 11.9. The summed E-state index contributed by atoms with van der Waals surface area (Å²) < 4.78 is 16.3. The van der Waals surface area contributed by atoms with Gasteiger partial charge < -0.3 is 14.2 Å². The van der Waals surface area contributed by atoms with Gasteiger partial charge in [-0.3, -0.25) is 0 Å². The Kier molecular flexibility index (Phi) is 9.66. The highest BCUT2D eigenvalue weighted by Gasteiger charge is 2.20. The second-order valence-electron chi connectivity index (χ2n) is 5.32. The Bertz CT molecular complexity index is 613. The summed E-state index contributed by atoms with van der Waals surface area (Å²) in [6.07, 6.45) is -0.0721. The van der Waals surface area contributed by atoms with E-state index in [1.807, 2.05) is 61.5 Å². The molecule has 1 atom stereocenters. The number of hydrogen-bond donors (Lipinski definition) is 0. The van der Waals surface area contributed by atoms with Gasteiger partial charge in [-0.25, -0.2) is 4.79 Å². The van der Waals surface area contributed by atoms with Gasteiger partial charge in [0, 0.05) is 13.0 Å². The van der Waals surface area contributed by atoms with Crippen LogP contribution in [-0.4, -0.2) is 25.3 Å². The lowest BCUT2D eigenvalue weighted by Crippen LogP contribution is -2.28. The van der Waals surface area contributed by atoms with Crippen LogP contribution in [0.5, 0.6) is 5.75 Å². The van der Waals surface area contributed by atoms with E-state index in [0.717, 1.165) is 16.9 Å². The Morgan fingerprint density at radius 2 is 1.60 bits per heavy atom. The van der Waals surface area contributed by atoms with Gasteiger partial charge in [0.2, 0.25) is 0 Å². The molecule has 0 spiro atoms. The maximum Gasteiger partial charge on any atom is 0.335 e. The van der Waals surface area contributed by atoms with Crippen molar-refractivity contribution in [1.82, 2.24) is 0 Å². The fraction of sp³-hybridized carbons (Fsp3) is 0.350. The smallest absolute Gasteiger partial charge is 0.335 e. The summed E-state index contributed by atoms with van der Waals surface area (Å²) in [5, 5.41) is 0. The summed E-state index contributed by atoms with van der Waals surface area (Å²) >= 11 is 0. The van der Waals surface area contributed by atoms with Gasteiger partial charge >= 0.3 is 5.97 Å². The first-order chi connectivity index (χ1) is 11.7. The molecule has 2 aromatic carbocycles. The standard InChI is InChI=1S/C20H24O4.ClH/c1-3-22-19(20(21)23-4-2)14-16-10-12-18(13-11-16)24-15-17-8-6-5-7-9-17;/h5-13,19H,3-4,14-15H2,1-2H3;1H. The number of hydrogen-bond acceptors (Lipinski definition) is 4. The molecule has 0 N–H and O–H groups in total. The molecular formula is C20H25ClO4. The first-order valence-electron chi connectivity index (χ1n) is 8.26. The van der Waals surface area contributed by atoms with Gasteiger partial charge in [-0.1, -0.05) is 42.5 Å². The normalized spacial score (nSPS) is 11.3. The number of esters is 1. The summed E-state index contributed by atoms with van der Waals surface area (Å²) in [5.74, 6) is 0.482. The number of benzene rings is 2. The van der Waals surface area contributed by atoms with E-state index >= 15 is 0 Å². The highest BCUT2D eigenvalue weighted by molar-refractivity contribution is 5.85. The lowest BCUT2D eigenvalue weighted by Gasteiger charge is -2.15. The molecular weight excluding hydrogens is 340 g/mol. The average Bonchev–Trinajstić information content (AvgIpc) is 2.62. The molecule has 0 aliphatic heterocycles. The van der Waals surface area contributed by atoms with E-state index < -0.39 is 6.10 Å². The minimum absolute atomic E-state index is 0. The first kappa shape index (κ1) is 21.0. The van der Waals surface area contributed by atoms with Crippen molar-refractivity contribution in [3.8, 4) is 5.75 Å². The molecule has 0 heterocycles. The van der Waals surface area contributed by atoms with E-state index in [1.165, 1.54) is 0 Å². The number of halogens is 1. The number of rotatable bonds is 9. The van der Waals surface area contributed by atoms with Gasteiger partial charge in [-0.2, -0.15) is 0 Å². The fourth-order valence-electron chi connectivity index (χ4n) is 2.32. The molecule has 0 aromatic heterocycles. The Labute approximate surface area is 155 Å². The second kappa shape index (κ2) is 11.5. The highest BCUT2D eigenvalue weighted by atomic mass is 35.5. The zero-order valence-corrected chi connectivity index (χ0v) is 15.5. The monoisotopic (exact) mass is 364 g/mol. The van der Waals surface area contributed by atoms with Crippen LogP contribution in [0.2, 0.25) is 0 Å². The maximum atomic E-state index is 11.9. The minimum atomic E-state index is -0.564. The van der Waals surface area contributed by atoms with Crippen LogP contribution in [0.3, 0.4) is 0 Å². The molecule has 0 amide bonds. The Morgan fingerprint density at radius 3 is 2.20 bits per heavy atom. The summed E-state index contributed by atoms with van der Waals surface area (Å²) in [7, 11) is 0. The third-order valence-electron chi connectivity index (χ3n) is 3.51. The van der Waals surface area contributed by atoms with Gasteiger partial charge in [0.05, 0.1) is 6.61 Å². The van der Waals surface area contributed by atoms with Crippen LogP contribution in [0, 0.1) is 0 Å². The number of carbonyl (C=O) groups excluding carboxylic acids is 1. The SMILES string of the molecule is CCOC(=O)C(Cc1ccc(OCc2ccccc2)cc1)OCC.Cl. The summed E-state index contributed by atoms with van der Waals surface area (Å²) in [5.41, 5.74) is 2.13. The Hall–Kier alpha value is -2.04. The molecule has 0 saturated heterocycles. The van der Waals surface area contributed by atoms with Crippen molar-refractivity contribution in [3.05, 3.63) is 65.7 Å². The van der Waals surface area contributed by atoms with Crippen LogP contribution < -0.4 is 4.74 Å². The third kappa shape index (κ3) is 7.16. The molecule has 25 heavy (non-hydrogen) atoms. The molecule has 4 nitrogen and oxygen atoms in total. The van der Waals surface area contributed by atoms with E-state index in [-0.39, 0.29) is 18.4 Å². The van der Waals surface area contributed by atoms with Crippen LogP contribution in [0.4, 0.5) is 0 Å². The van der Waals surface area contributed by atoms with Gasteiger partial charge in [-0.05, 0) is 37.1 Å². The summed E-state index contributed by atoms with van der Waals surface area (Å²) in [6.45, 7) is 5.02. The van der Waals surface area contributed by atoms with Crippen molar-refractivity contribution in [2.75, 3.05) is 13.2 Å². The Balaban J connectivity index is 0.00000312. The van der Waals surface area contributed by atoms with Crippen LogP contribution >= 0.6 is 12.4 Å². The van der Waals surface area contributed by atoms with Crippen molar-refractivity contribution in [2.45, 2.75) is 33.0 Å². The van der Waals surface area contributed by atoms with Crippen LogP contribution in [-0.2, 0) is 27.3 Å². The second-order valence-corrected chi connectivity index (χ2v) is 5.32. The van der Waals surface area contributed by atoms with Gasteiger partial charge in [0.15, 0.2) is 6.10 Å². The lowest BCUT2D eigenvalue weighted by molar-refractivity contribution is -0.156. The van der Waals surface area contributed by atoms with E-state index in [4.69, 9.17) is 14.2 Å². The van der Waals surface area contributed by atoms with Gasteiger partial charge in [0.1, 0.15) is 12.4 Å². The predicted octanol–water partition coefficient (Wildman–Crippen LogP) is 4.20. The largest absolute Gasteiger partial charge is 0.489 e. The molecule has 0 aliphatic rings. The van der Waals surface area contributed by atoms with Crippen molar-refractivity contribution in [3.63, 3.8) is 0 Å². The van der Waals surface area contributed by atoms with E-state index in [1.54, 1.807) is 6.92 Å². The first-order valence-corrected chi connectivity index (χ1v) is 8.26. The molecule has 5 heteroatoms. The van der Waals surface area contributed by atoms with Crippen LogP contribution in [0.15, 0.2) is 54.6 Å². The molecule has 1 unspecified atom stereocenters. The topological polar surface area (TPSA) is 44.8 Å². The zero-order chi connectivity index (χ0) is 17.2. The van der Waals surface area contributed by atoms with Gasteiger partial charge in [0.25, 0.3) is 0 Å².